The number of amides is 2. The highest BCUT2D eigenvalue weighted by Crippen LogP contribution is 2.26. The first kappa shape index (κ1) is 30.7. The molecule has 0 aliphatic heterocycles. The van der Waals surface area contributed by atoms with Gasteiger partial charge < -0.3 is 15.0 Å². The van der Waals surface area contributed by atoms with E-state index in [4.69, 9.17) is 4.74 Å². The summed E-state index contributed by atoms with van der Waals surface area (Å²) in [6, 6.07) is 21.4. The third-order valence-corrected chi connectivity index (χ3v) is 8.29. The molecule has 1 N–H and O–H groups in total. The minimum atomic E-state index is -4.13. The molecule has 0 heterocycles. The molecular weight excluding hydrogens is 526 g/mol. The maximum Gasteiger partial charge on any atom is 0.264 e. The summed E-state index contributed by atoms with van der Waals surface area (Å²) < 4.78 is 34.3. The largest absolute Gasteiger partial charge is 0.494 e. The minimum Gasteiger partial charge on any atom is -0.494 e. The van der Waals surface area contributed by atoms with Crippen molar-refractivity contribution in [3.8, 4) is 5.75 Å². The number of para-hydroxylation sites is 1. The van der Waals surface area contributed by atoms with Crippen molar-refractivity contribution in [3.05, 3.63) is 90.0 Å². The summed E-state index contributed by atoms with van der Waals surface area (Å²) >= 11 is 0. The van der Waals surface area contributed by atoms with Crippen molar-refractivity contribution < 1.29 is 22.7 Å². The van der Waals surface area contributed by atoms with Gasteiger partial charge in [0.05, 0.1) is 17.2 Å². The standard InChI is InChI=1S/C31H39N3O5S/c1-6-39-28-16-18-29(19-17-28)40(37,38)34(27-14-8-7-9-15-27)22-30(35)33(21-26-13-11-10-12-24(26)4)25(5)31(36)32-20-23(2)3/h7-19,23,25H,6,20-22H2,1-5H3,(H,32,36)/t25-/m0/s1. The summed E-state index contributed by atoms with van der Waals surface area (Å²) in [6.07, 6.45) is 0. The van der Waals surface area contributed by atoms with E-state index >= 15 is 0 Å². The van der Waals surface area contributed by atoms with Crippen LogP contribution in [0.4, 0.5) is 5.69 Å². The van der Waals surface area contributed by atoms with Crippen molar-refractivity contribution in [3.63, 3.8) is 0 Å². The molecule has 0 saturated heterocycles. The van der Waals surface area contributed by atoms with Crippen molar-refractivity contribution in [2.45, 2.75) is 52.1 Å². The number of carbonyl (C=O) groups is 2. The molecule has 0 aliphatic rings. The van der Waals surface area contributed by atoms with Crippen molar-refractivity contribution in [2.24, 2.45) is 5.92 Å². The van der Waals surface area contributed by atoms with Crippen LogP contribution in [-0.2, 0) is 26.2 Å². The third-order valence-electron chi connectivity index (χ3n) is 6.50. The normalized spacial score (nSPS) is 12.1. The lowest BCUT2D eigenvalue weighted by atomic mass is 10.1. The maximum absolute atomic E-state index is 14.0. The van der Waals surface area contributed by atoms with Crippen LogP contribution < -0.4 is 14.4 Å². The average molecular weight is 566 g/mol. The lowest BCUT2D eigenvalue weighted by Gasteiger charge is -2.32. The predicted molar refractivity (Wildman–Crippen MR) is 158 cm³/mol. The molecule has 0 aliphatic carbocycles. The molecule has 8 nitrogen and oxygen atoms in total. The van der Waals surface area contributed by atoms with Gasteiger partial charge in [-0.3, -0.25) is 13.9 Å². The van der Waals surface area contributed by atoms with Gasteiger partial charge in [-0.25, -0.2) is 8.42 Å². The molecule has 0 bridgehead atoms. The lowest BCUT2D eigenvalue weighted by molar-refractivity contribution is -0.139. The van der Waals surface area contributed by atoms with Crippen LogP contribution in [0.3, 0.4) is 0 Å². The van der Waals surface area contributed by atoms with Gasteiger partial charge >= 0.3 is 0 Å². The molecule has 1 atom stereocenters. The van der Waals surface area contributed by atoms with Crippen LogP contribution in [0.2, 0.25) is 0 Å². The third kappa shape index (κ3) is 7.85. The van der Waals surface area contributed by atoms with E-state index in [1.165, 1.54) is 17.0 Å². The summed E-state index contributed by atoms with van der Waals surface area (Å²) in [5.41, 5.74) is 2.19. The van der Waals surface area contributed by atoms with Crippen molar-refractivity contribution in [1.82, 2.24) is 10.2 Å². The summed E-state index contributed by atoms with van der Waals surface area (Å²) in [7, 11) is -4.13. The predicted octanol–water partition coefficient (Wildman–Crippen LogP) is 4.78. The Balaban J connectivity index is 1.99. The van der Waals surface area contributed by atoms with Crippen LogP contribution >= 0.6 is 0 Å². The van der Waals surface area contributed by atoms with Gasteiger partial charge in [0.2, 0.25) is 11.8 Å². The van der Waals surface area contributed by atoms with Gasteiger partial charge in [-0.05, 0) is 74.2 Å². The second kappa shape index (κ2) is 14.0. The summed E-state index contributed by atoms with van der Waals surface area (Å²) in [5.74, 6) is 0.00371. The Kier molecular flexibility index (Phi) is 10.7. The highest BCUT2D eigenvalue weighted by molar-refractivity contribution is 7.92. The van der Waals surface area contributed by atoms with Crippen LogP contribution in [0.5, 0.6) is 5.75 Å². The second-order valence-electron chi connectivity index (χ2n) is 10.0. The number of aryl methyl sites for hydroxylation is 1. The SMILES string of the molecule is CCOc1ccc(S(=O)(=O)N(CC(=O)N(Cc2ccccc2C)[C@@H](C)C(=O)NCC(C)C)c2ccccc2)cc1. The number of hydrogen-bond donors (Lipinski definition) is 1. The second-order valence-corrected chi connectivity index (χ2v) is 11.9. The Bertz CT molecular complexity index is 1380. The van der Waals surface area contributed by atoms with E-state index in [1.54, 1.807) is 49.4 Å². The fourth-order valence-corrected chi connectivity index (χ4v) is 5.54. The van der Waals surface area contributed by atoms with E-state index in [9.17, 15) is 18.0 Å². The molecule has 0 radical (unpaired) electrons. The van der Waals surface area contributed by atoms with Gasteiger partial charge in [0.1, 0.15) is 18.3 Å². The number of anilines is 1. The molecular formula is C31H39N3O5S. The van der Waals surface area contributed by atoms with E-state index in [2.05, 4.69) is 5.32 Å². The molecule has 9 heteroatoms. The van der Waals surface area contributed by atoms with Crippen molar-refractivity contribution in [1.29, 1.82) is 0 Å². The monoisotopic (exact) mass is 565 g/mol. The summed E-state index contributed by atoms with van der Waals surface area (Å²) in [4.78, 5) is 28.5. The number of benzene rings is 3. The zero-order chi connectivity index (χ0) is 29.3. The lowest BCUT2D eigenvalue weighted by Crippen LogP contribution is -2.51. The zero-order valence-corrected chi connectivity index (χ0v) is 24.6. The number of nitrogens with one attached hydrogen (secondary N) is 1. The van der Waals surface area contributed by atoms with Crippen LogP contribution in [-0.4, -0.2) is 50.9 Å². The fourth-order valence-electron chi connectivity index (χ4n) is 4.13. The maximum atomic E-state index is 14.0. The number of sulfonamides is 1. The number of carbonyl (C=O) groups excluding carboxylic acids is 2. The van der Waals surface area contributed by atoms with Gasteiger partial charge in [0.25, 0.3) is 10.0 Å². The van der Waals surface area contributed by atoms with Gasteiger partial charge in [-0.1, -0.05) is 56.3 Å². The summed E-state index contributed by atoms with van der Waals surface area (Å²) in [6.45, 7) is 10.0. The van der Waals surface area contributed by atoms with Gasteiger partial charge in [0.15, 0.2) is 0 Å². The molecule has 214 valence electrons. The minimum absolute atomic E-state index is 0.0285. The molecule has 0 fully saturated rings. The van der Waals surface area contributed by atoms with Crippen molar-refractivity contribution in [2.75, 3.05) is 24.0 Å². The average Bonchev–Trinajstić information content (AvgIpc) is 2.94. The van der Waals surface area contributed by atoms with Gasteiger partial charge in [0, 0.05) is 13.1 Å². The van der Waals surface area contributed by atoms with Crippen LogP contribution in [0.1, 0.15) is 38.8 Å². The summed E-state index contributed by atoms with van der Waals surface area (Å²) in [5, 5.41) is 2.90. The quantitative estimate of drug-likeness (QED) is 0.322. The Morgan fingerprint density at radius 2 is 1.52 bits per heavy atom. The van der Waals surface area contributed by atoms with Gasteiger partial charge in [-0.2, -0.15) is 0 Å². The number of hydrogen-bond acceptors (Lipinski definition) is 5. The first-order valence-corrected chi connectivity index (χ1v) is 14.9. The van der Waals surface area contributed by atoms with E-state index in [-0.39, 0.29) is 23.3 Å². The Morgan fingerprint density at radius 3 is 2.12 bits per heavy atom. The number of rotatable bonds is 13. The van der Waals surface area contributed by atoms with E-state index in [0.29, 0.717) is 24.6 Å². The van der Waals surface area contributed by atoms with Gasteiger partial charge in [-0.15, -0.1) is 0 Å². The van der Waals surface area contributed by atoms with E-state index in [1.807, 2.05) is 52.0 Å². The van der Waals surface area contributed by atoms with Crippen LogP contribution in [0.25, 0.3) is 0 Å². The highest BCUT2D eigenvalue weighted by Gasteiger charge is 2.32. The first-order chi connectivity index (χ1) is 19.0. The number of ether oxygens (including phenoxy) is 1. The van der Waals surface area contributed by atoms with Crippen LogP contribution in [0.15, 0.2) is 83.8 Å². The first-order valence-electron chi connectivity index (χ1n) is 13.5. The fraction of sp³-hybridized carbons (Fsp3) is 0.355. The molecule has 0 saturated carbocycles. The van der Waals surface area contributed by atoms with Crippen molar-refractivity contribution >= 4 is 27.5 Å². The molecule has 2 amide bonds. The highest BCUT2D eigenvalue weighted by atomic mass is 32.2. The Morgan fingerprint density at radius 1 is 0.900 bits per heavy atom. The van der Waals surface area contributed by atoms with Crippen LogP contribution in [0, 0.1) is 12.8 Å². The molecule has 0 unspecified atom stereocenters. The Hall–Kier alpha value is -3.85. The molecule has 40 heavy (non-hydrogen) atoms. The van der Waals surface area contributed by atoms with E-state index < -0.39 is 28.5 Å². The molecule has 0 aromatic heterocycles. The molecule has 3 rings (SSSR count). The molecule has 3 aromatic rings. The molecule has 3 aromatic carbocycles. The topological polar surface area (TPSA) is 96.0 Å². The van der Waals surface area contributed by atoms with E-state index in [0.717, 1.165) is 15.4 Å². The Labute approximate surface area is 238 Å². The smallest absolute Gasteiger partial charge is 0.264 e. The number of nitrogens with zero attached hydrogens (tertiary/aromatic N) is 2. The molecule has 0 spiro atoms. The zero-order valence-electron chi connectivity index (χ0n) is 23.8.